The van der Waals surface area contributed by atoms with Gasteiger partial charge in [-0.05, 0) is 105 Å². The van der Waals surface area contributed by atoms with E-state index in [4.69, 9.17) is 14.2 Å². The molecule has 5 rings (SSSR count). The van der Waals surface area contributed by atoms with Gasteiger partial charge in [0.2, 0.25) is 0 Å². The van der Waals surface area contributed by atoms with Gasteiger partial charge >= 0.3 is 6.11 Å². The van der Waals surface area contributed by atoms with Crippen LogP contribution in [-0.2, 0) is 15.9 Å². The van der Waals surface area contributed by atoms with Crippen molar-refractivity contribution in [2.24, 2.45) is 23.7 Å². The van der Waals surface area contributed by atoms with Crippen LogP contribution in [0.15, 0.2) is 36.4 Å². The molecule has 0 atom stereocenters. The van der Waals surface area contributed by atoms with E-state index in [-0.39, 0.29) is 17.5 Å². The van der Waals surface area contributed by atoms with Crippen LogP contribution < -0.4 is 4.74 Å². The molecule has 3 aliphatic rings. The summed E-state index contributed by atoms with van der Waals surface area (Å²) in [6, 6.07) is 9.52. The van der Waals surface area contributed by atoms with Crippen molar-refractivity contribution in [3.8, 4) is 5.75 Å². The van der Waals surface area contributed by atoms with E-state index < -0.39 is 24.1 Å². The minimum Gasteiger partial charge on any atom is -0.432 e. The second kappa shape index (κ2) is 15.4. The van der Waals surface area contributed by atoms with E-state index in [1.165, 1.54) is 25.3 Å². The van der Waals surface area contributed by atoms with Crippen molar-refractivity contribution < 1.29 is 31.8 Å². The van der Waals surface area contributed by atoms with E-state index in [1.54, 1.807) is 12.1 Å². The Labute approximate surface area is 261 Å². The van der Waals surface area contributed by atoms with Crippen LogP contribution in [0.4, 0.5) is 17.6 Å². The molecule has 0 unspecified atom stereocenters. The molecule has 44 heavy (non-hydrogen) atoms. The van der Waals surface area contributed by atoms with Gasteiger partial charge in [0, 0.05) is 17.5 Å². The number of unbranched alkanes of at least 4 members (excludes halogenated alkanes) is 2. The van der Waals surface area contributed by atoms with Crippen LogP contribution in [0, 0.1) is 35.3 Å². The number of alkyl halides is 2. The molecule has 2 aliphatic carbocycles. The van der Waals surface area contributed by atoms with Gasteiger partial charge in [-0.15, -0.1) is 0 Å². The first kappa shape index (κ1) is 33.2. The molecular weight excluding hydrogens is 568 g/mol. The van der Waals surface area contributed by atoms with Crippen LogP contribution in [0.2, 0.25) is 0 Å². The van der Waals surface area contributed by atoms with Crippen molar-refractivity contribution in [3.05, 3.63) is 64.7 Å². The second-order valence-corrected chi connectivity index (χ2v) is 13.5. The Hall–Kier alpha value is -2.12. The van der Waals surface area contributed by atoms with E-state index in [0.717, 1.165) is 68.6 Å². The maximum atomic E-state index is 15.3. The zero-order valence-corrected chi connectivity index (χ0v) is 26.5. The fraction of sp³-hybridized carbons (Fsp3) is 0.676. The Morgan fingerprint density at radius 1 is 0.773 bits per heavy atom. The lowest BCUT2D eigenvalue weighted by Gasteiger charge is -2.39. The number of rotatable bonds is 12. The molecule has 1 saturated heterocycles. The molecule has 0 bridgehead atoms. The lowest BCUT2D eigenvalue weighted by molar-refractivity contribution is -0.224. The van der Waals surface area contributed by atoms with Crippen LogP contribution in [0.1, 0.15) is 126 Å². The molecular formula is C37H50F4O3. The predicted octanol–water partition coefficient (Wildman–Crippen LogP) is 10.9. The molecule has 2 aromatic carbocycles. The molecule has 244 valence electrons. The van der Waals surface area contributed by atoms with Crippen LogP contribution in [0.25, 0.3) is 0 Å². The zero-order chi connectivity index (χ0) is 31.1. The first-order chi connectivity index (χ1) is 21.3. The second-order valence-electron chi connectivity index (χ2n) is 13.5. The fourth-order valence-corrected chi connectivity index (χ4v) is 7.74. The Morgan fingerprint density at radius 2 is 1.45 bits per heavy atom. The third-order valence-electron chi connectivity index (χ3n) is 10.4. The van der Waals surface area contributed by atoms with Gasteiger partial charge in [0.05, 0.1) is 19.1 Å². The van der Waals surface area contributed by atoms with E-state index in [2.05, 4.69) is 6.92 Å². The van der Waals surface area contributed by atoms with Crippen LogP contribution in [-0.4, -0.2) is 19.3 Å². The minimum atomic E-state index is -3.32. The normalized spacial score (nSPS) is 28.1. The molecule has 7 heteroatoms. The lowest BCUT2D eigenvalue weighted by atomic mass is 9.68. The Balaban J connectivity index is 1.06. The molecule has 1 aliphatic heterocycles. The molecule has 2 saturated carbocycles. The smallest absolute Gasteiger partial charge is 0.400 e. The van der Waals surface area contributed by atoms with Crippen LogP contribution in [0.5, 0.6) is 5.75 Å². The van der Waals surface area contributed by atoms with Gasteiger partial charge < -0.3 is 14.2 Å². The maximum Gasteiger partial charge on any atom is 0.400 e. The average molecular weight is 619 g/mol. The molecule has 0 spiro atoms. The highest BCUT2D eigenvalue weighted by Crippen LogP contribution is 2.47. The highest BCUT2D eigenvalue weighted by atomic mass is 19.3. The topological polar surface area (TPSA) is 27.7 Å². The van der Waals surface area contributed by atoms with Crippen LogP contribution in [0.3, 0.4) is 0 Å². The van der Waals surface area contributed by atoms with Crippen molar-refractivity contribution in [1.82, 2.24) is 0 Å². The van der Waals surface area contributed by atoms with E-state index in [0.29, 0.717) is 55.8 Å². The molecule has 3 nitrogen and oxygen atoms in total. The van der Waals surface area contributed by atoms with Crippen molar-refractivity contribution in [2.45, 2.75) is 122 Å². The number of ether oxygens (including phenoxy) is 3. The third kappa shape index (κ3) is 8.37. The van der Waals surface area contributed by atoms with Gasteiger partial charge in [0.1, 0.15) is 17.4 Å². The van der Waals surface area contributed by atoms with Gasteiger partial charge in [-0.1, -0.05) is 57.7 Å². The fourth-order valence-electron chi connectivity index (χ4n) is 7.74. The average Bonchev–Trinajstić information content (AvgIpc) is 3.03. The summed E-state index contributed by atoms with van der Waals surface area (Å²) in [6.07, 6.45) is 8.34. The summed E-state index contributed by atoms with van der Waals surface area (Å²) in [5.74, 6) is -0.181. The standard InChI is InChI=1S/C37H50F4O3/c1-3-5-6-8-25-23-42-36(43-24-25)30-16-20-33(35(39)21-30)28-11-9-26(10-12-28)27-13-17-31(18-14-27)37(40,41)44-32-19-15-29(7-4-2)34(38)22-32/h15-16,19-22,25-28,31,36H,3-14,17-18,23-24H2,1-2H3. The molecule has 0 amide bonds. The summed E-state index contributed by atoms with van der Waals surface area (Å²) in [4.78, 5) is 0. The van der Waals surface area contributed by atoms with E-state index in [1.807, 2.05) is 19.1 Å². The number of halogens is 4. The summed E-state index contributed by atoms with van der Waals surface area (Å²) in [7, 11) is 0. The summed E-state index contributed by atoms with van der Waals surface area (Å²) in [5.41, 5.74) is 2.02. The van der Waals surface area contributed by atoms with Crippen molar-refractivity contribution in [1.29, 1.82) is 0 Å². The Kier molecular flexibility index (Phi) is 11.7. The zero-order valence-electron chi connectivity index (χ0n) is 26.5. The molecule has 1 heterocycles. The summed E-state index contributed by atoms with van der Waals surface area (Å²) in [6.45, 7) is 5.46. The van der Waals surface area contributed by atoms with Gasteiger partial charge in [0.25, 0.3) is 0 Å². The molecule has 0 aromatic heterocycles. The van der Waals surface area contributed by atoms with E-state index in [9.17, 15) is 4.39 Å². The molecule has 2 aromatic rings. The van der Waals surface area contributed by atoms with Crippen LogP contribution >= 0.6 is 0 Å². The highest BCUT2D eigenvalue weighted by molar-refractivity contribution is 5.30. The summed E-state index contributed by atoms with van der Waals surface area (Å²) >= 11 is 0. The van der Waals surface area contributed by atoms with Gasteiger partial charge in [0.15, 0.2) is 6.29 Å². The third-order valence-corrected chi connectivity index (χ3v) is 10.4. The molecule has 0 radical (unpaired) electrons. The number of benzene rings is 2. The molecule has 3 fully saturated rings. The molecule has 0 N–H and O–H groups in total. The quantitative estimate of drug-likeness (QED) is 0.175. The number of hydrogen-bond donors (Lipinski definition) is 0. The largest absolute Gasteiger partial charge is 0.432 e. The first-order valence-corrected chi connectivity index (χ1v) is 17.1. The first-order valence-electron chi connectivity index (χ1n) is 17.1. The van der Waals surface area contributed by atoms with Gasteiger partial charge in [-0.2, -0.15) is 8.78 Å². The highest BCUT2D eigenvalue weighted by Gasteiger charge is 2.45. The predicted molar refractivity (Wildman–Crippen MR) is 165 cm³/mol. The lowest BCUT2D eigenvalue weighted by Crippen LogP contribution is -2.38. The SMILES string of the molecule is CCCCCC1COC(c2ccc(C3CCC(C4CCC(C(F)(F)Oc5ccc(CCC)c(F)c5)CC4)CC3)c(F)c2)OC1. The number of hydrogen-bond acceptors (Lipinski definition) is 3. The van der Waals surface area contributed by atoms with E-state index >= 15 is 13.2 Å². The Morgan fingerprint density at radius 3 is 2.07 bits per heavy atom. The van der Waals surface area contributed by atoms with Gasteiger partial charge in [-0.3, -0.25) is 0 Å². The maximum absolute atomic E-state index is 15.3. The minimum absolute atomic E-state index is 0.113. The summed E-state index contributed by atoms with van der Waals surface area (Å²) < 4.78 is 76.6. The van der Waals surface area contributed by atoms with Gasteiger partial charge in [-0.25, -0.2) is 8.78 Å². The summed E-state index contributed by atoms with van der Waals surface area (Å²) in [5, 5.41) is 0. The van der Waals surface area contributed by atoms with Crippen molar-refractivity contribution in [3.63, 3.8) is 0 Å². The van der Waals surface area contributed by atoms with Crippen molar-refractivity contribution in [2.75, 3.05) is 13.2 Å². The monoisotopic (exact) mass is 618 g/mol. The number of aryl methyl sites for hydroxylation is 1. The Bertz CT molecular complexity index is 1180. The van der Waals surface area contributed by atoms with Crippen molar-refractivity contribution >= 4 is 0 Å².